The second-order valence-corrected chi connectivity index (χ2v) is 5.81. The van der Waals surface area contributed by atoms with Crippen molar-refractivity contribution in [3.63, 3.8) is 0 Å². The molecule has 0 fully saturated rings. The summed E-state index contributed by atoms with van der Waals surface area (Å²) in [7, 11) is 4.07. The molecule has 2 heterocycles. The first-order chi connectivity index (χ1) is 11.6. The molecule has 0 aliphatic rings. The molecule has 0 saturated carbocycles. The van der Waals surface area contributed by atoms with E-state index in [1.54, 1.807) is 18.3 Å². The van der Waals surface area contributed by atoms with E-state index in [9.17, 15) is 4.39 Å². The zero-order chi connectivity index (χ0) is 16.9. The summed E-state index contributed by atoms with van der Waals surface area (Å²) in [6.45, 7) is 1.75. The van der Waals surface area contributed by atoms with E-state index in [2.05, 4.69) is 25.4 Å². The zero-order valence-electron chi connectivity index (χ0n) is 13.8. The normalized spacial score (nSPS) is 11.0. The summed E-state index contributed by atoms with van der Waals surface area (Å²) in [5, 5.41) is 10.5. The van der Waals surface area contributed by atoms with Gasteiger partial charge >= 0.3 is 0 Å². The lowest BCUT2D eigenvalue weighted by Crippen LogP contribution is -2.21. The lowest BCUT2D eigenvalue weighted by molar-refractivity contribution is 0.425. The lowest BCUT2D eigenvalue weighted by atomic mass is 10.0. The molecule has 0 aliphatic heterocycles. The molecule has 3 aromatic rings. The van der Waals surface area contributed by atoms with Crippen LogP contribution >= 0.6 is 0 Å². The molecule has 0 atom stereocenters. The number of pyridine rings is 1. The maximum Gasteiger partial charge on any atom is 0.126 e. The zero-order valence-corrected chi connectivity index (χ0v) is 13.8. The Bertz CT molecular complexity index is 795. The predicted octanol–water partition coefficient (Wildman–Crippen LogP) is 3.25. The number of anilines is 1. The maximum absolute atomic E-state index is 13.1. The van der Waals surface area contributed by atoms with Crippen molar-refractivity contribution in [2.24, 2.45) is 0 Å². The van der Waals surface area contributed by atoms with E-state index in [1.807, 2.05) is 32.4 Å². The van der Waals surface area contributed by atoms with E-state index < -0.39 is 0 Å². The third-order valence-corrected chi connectivity index (χ3v) is 3.69. The van der Waals surface area contributed by atoms with Gasteiger partial charge in [0.2, 0.25) is 0 Å². The first-order valence-corrected chi connectivity index (χ1v) is 7.78. The van der Waals surface area contributed by atoms with Gasteiger partial charge in [0.15, 0.2) is 0 Å². The van der Waals surface area contributed by atoms with Crippen molar-refractivity contribution in [1.29, 1.82) is 0 Å². The Morgan fingerprint density at radius 2 is 1.92 bits per heavy atom. The van der Waals surface area contributed by atoms with Gasteiger partial charge in [-0.3, -0.25) is 5.10 Å². The van der Waals surface area contributed by atoms with E-state index in [0.29, 0.717) is 0 Å². The summed E-state index contributed by atoms with van der Waals surface area (Å²) < 4.78 is 13.1. The van der Waals surface area contributed by atoms with Crippen LogP contribution in [-0.2, 0) is 0 Å². The monoisotopic (exact) mass is 325 g/mol. The second-order valence-electron chi connectivity index (χ2n) is 5.81. The molecule has 0 unspecified atom stereocenters. The SMILES string of the molecule is CN(C)CCNc1cc(-c2c[nH]nc2-c2ccc(F)cc2)ccn1. The highest BCUT2D eigenvalue weighted by Crippen LogP contribution is 2.30. The van der Waals surface area contributed by atoms with Gasteiger partial charge in [-0.25, -0.2) is 9.37 Å². The molecule has 1 aromatic carbocycles. The molecular weight excluding hydrogens is 305 g/mol. The molecule has 0 saturated heterocycles. The first kappa shape index (κ1) is 16.1. The fourth-order valence-electron chi connectivity index (χ4n) is 2.44. The van der Waals surface area contributed by atoms with Crippen LogP contribution in [0.1, 0.15) is 0 Å². The van der Waals surface area contributed by atoms with Crippen LogP contribution in [0.2, 0.25) is 0 Å². The van der Waals surface area contributed by atoms with Gasteiger partial charge < -0.3 is 10.2 Å². The number of halogens is 1. The Hall–Kier alpha value is -2.73. The Morgan fingerprint density at radius 1 is 1.12 bits per heavy atom. The van der Waals surface area contributed by atoms with Gasteiger partial charge in [0.05, 0.1) is 5.69 Å². The molecule has 3 rings (SSSR count). The number of hydrogen-bond donors (Lipinski definition) is 2. The largest absolute Gasteiger partial charge is 0.369 e. The molecule has 5 nitrogen and oxygen atoms in total. The Balaban J connectivity index is 1.85. The number of aromatic amines is 1. The number of nitrogens with one attached hydrogen (secondary N) is 2. The van der Waals surface area contributed by atoms with E-state index in [-0.39, 0.29) is 5.82 Å². The molecule has 0 bridgehead atoms. The molecule has 0 spiro atoms. The fourth-order valence-corrected chi connectivity index (χ4v) is 2.44. The van der Waals surface area contributed by atoms with Crippen molar-refractivity contribution < 1.29 is 4.39 Å². The minimum absolute atomic E-state index is 0.257. The Morgan fingerprint density at radius 3 is 2.67 bits per heavy atom. The average molecular weight is 325 g/mol. The summed E-state index contributed by atoms with van der Waals surface area (Å²) in [6, 6.07) is 10.3. The third-order valence-electron chi connectivity index (χ3n) is 3.69. The highest BCUT2D eigenvalue weighted by atomic mass is 19.1. The highest BCUT2D eigenvalue weighted by Gasteiger charge is 2.11. The third kappa shape index (κ3) is 3.78. The topological polar surface area (TPSA) is 56.8 Å². The van der Waals surface area contributed by atoms with Crippen LogP contribution in [0.4, 0.5) is 10.2 Å². The number of benzene rings is 1. The van der Waals surface area contributed by atoms with Gasteiger partial charge in [-0.1, -0.05) is 0 Å². The van der Waals surface area contributed by atoms with Gasteiger partial charge in [0.1, 0.15) is 11.6 Å². The summed E-state index contributed by atoms with van der Waals surface area (Å²) in [4.78, 5) is 6.46. The molecule has 0 aliphatic carbocycles. The fraction of sp³-hybridized carbons (Fsp3) is 0.222. The van der Waals surface area contributed by atoms with Crippen LogP contribution < -0.4 is 5.32 Å². The summed E-state index contributed by atoms with van der Waals surface area (Å²) in [5.41, 5.74) is 3.62. The van der Waals surface area contributed by atoms with Gasteiger partial charge in [0, 0.05) is 36.6 Å². The predicted molar refractivity (Wildman–Crippen MR) is 94.3 cm³/mol. The molecule has 0 amide bonds. The molecule has 24 heavy (non-hydrogen) atoms. The van der Waals surface area contributed by atoms with Crippen molar-refractivity contribution in [3.05, 3.63) is 54.6 Å². The van der Waals surface area contributed by atoms with Crippen LogP contribution in [0.25, 0.3) is 22.4 Å². The van der Waals surface area contributed by atoms with E-state index in [1.165, 1.54) is 12.1 Å². The number of hydrogen-bond acceptors (Lipinski definition) is 4. The van der Waals surface area contributed by atoms with Crippen molar-refractivity contribution >= 4 is 5.82 Å². The van der Waals surface area contributed by atoms with E-state index >= 15 is 0 Å². The molecule has 0 radical (unpaired) electrons. The molecular formula is C18H20FN5. The summed E-state index contributed by atoms with van der Waals surface area (Å²) in [6.07, 6.45) is 3.62. The first-order valence-electron chi connectivity index (χ1n) is 7.78. The molecule has 2 aromatic heterocycles. The van der Waals surface area contributed by atoms with Gasteiger partial charge in [-0.05, 0) is 56.1 Å². The number of likely N-dealkylation sites (N-methyl/N-ethyl adjacent to an activating group) is 1. The highest BCUT2D eigenvalue weighted by molar-refractivity contribution is 5.81. The Labute approximate surface area is 140 Å². The summed E-state index contributed by atoms with van der Waals surface area (Å²) in [5.74, 6) is 0.563. The standard InChI is InChI=1S/C18H20FN5/c1-24(2)10-9-21-17-11-14(7-8-20-17)16-12-22-23-18(16)13-3-5-15(19)6-4-13/h3-8,11-12H,9-10H2,1-2H3,(H,20,21)(H,22,23). The van der Waals surface area contributed by atoms with Crippen molar-refractivity contribution in [2.75, 3.05) is 32.5 Å². The van der Waals surface area contributed by atoms with Crippen LogP contribution in [0.3, 0.4) is 0 Å². The van der Waals surface area contributed by atoms with E-state index in [0.717, 1.165) is 41.3 Å². The van der Waals surface area contributed by atoms with Gasteiger partial charge in [-0.15, -0.1) is 0 Å². The smallest absolute Gasteiger partial charge is 0.126 e. The van der Waals surface area contributed by atoms with Crippen LogP contribution in [0.15, 0.2) is 48.8 Å². The Kier molecular flexibility index (Phi) is 4.86. The number of H-pyrrole nitrogens is 1. The second kappa shape index (κ2) is 7.23. The number of aromatic nitrogens is 3. The minimum Gasteiger partial charge on any atom is -0.369 e. The lowest BCUT2D eigenvalue weighted by Gasteiger charge is -2.11. The van der Waals surface area contributed by atoms with Crippen LogP contribution in [0.5, 0.6) is 0 Å². The molecule has 124 valence electrons. The van der Waals surface area contributed by atoms with Crippen molar-refractivity contribution in [1.82, 2.24) is 20.1 Å². The van der Waals surface area contributed by atoms with Gasteiger partial charge in [0.25, 0.3) is 0 Å². The van der Waals surface area contributed by atoms with E-state index in [4.69, 9.17) is 0 Å². The summed E-state index contributed by atoms with van der Waals surface area (Å²) >= 11 is 0. The van der Waals surface area contributed by atoms with Crippen LogP contribution in [-0.4, -0.2) is 47.3 Å². The van der Waals surface area contributed by atoms with Crippen molar-refractivity contribution in [2.45, 2.75) is 0 Å². The number of rotatable bonds is 6. The average Bonchev–Trinajstić information content (AvgIpc) is 3.05. The quantitative estimate of drug-likeness (QED) is 0.730. The van der Waals surface area contributed by atoms with Crippen LogP contribution in [0, 0.1) is 5.82 Å². The van der Waals surface area contributed by atoms with Gasteiger partial charge in [-0.2, -0.15) is 5.10 Å². The molecule has 2 N–H and O–H groups in total. The minimum atomic E-state index is -0.257. The van der Waals surface area contributed by atoms with Crippen molar-refractivity contribution in [3.8, 4) is 22.4 Å². The maximum atomic E-state index is 13.1. The molecule has 6 heteroatoms. The number of nitrogens with zero attached hydrogens (tertiary/aromatic N) is 3.